The van der Waals surface area contributed by atoms with Crippen LogP contribution in [0.15, 0.2) is 30.3 Å². The number of carboxylic acid groups (broad SMARTS) is 1. The minimum atomic E-state index is -1.16. The van der Waals surface area contributed by atoms with Crippen LogP contribution in [0.5, 0.6) is 0 Å². The second kappa shape index (κ2) is 6.87. The van der Waals surface area contributed by atoms with Gasteiger partial charge >= 0.3 is 5.97 Å². The summed E-state index contributed by atoms with van der Waals surface area (Å²) >= 11 is 3.82. The van der Waals surface area contributed by atoms with Gasteiger partial charge < -0.3 is 10.4 Å². The number of thiol groups is 1. The summed E-state index contributed by atoms with van der Waals surface area (Å²) in [5, 5.41) is 21.3. The first-order valence-corrected chi connectivity index (χ1v) is 5.82. The molecule has 0 aliphatic rings. The highest BCUT2D eigenvalue weighted by atomic mass is 32.1. The molecule has 7 heteroatoms. The topological polar surface area (TPSA) is 89.9 Å². The monoisotopic (exact) mass is 270 g/mol. The molecule has 18 heavy (non-hydrogen) atoms. The van der Waals surface area contributed by atoms with Crippen molar-refractivity contribution < 1.29 is 19.9 Å². The number of nitrogens with zero attached hydrogens (tertiary/aromatic N) is 1. The number of hydrogen-bond donors (Lipinski definition) is 4. The average molecular weight is 270 g/mol. The summed E-state index contributed by atoms with van der Waals surface area (Å²) in [6.07, 6.45) is 0. The average Bonchev–Trinajstić information content (AvgIpc) is 2.36. The van der Waals surface area contributed by atoms with E-state index in [1.807, 2.05) is 0 Å². The van der Waals surface area contributed by atoms with Crippen LogP contribution >= 0.6 is 12.6 Å². The van der Waals surface area contributed by atoms with Gasteiger partial charge in [-0.15, -0.1) is 0 Å². The lowest BCUT2D eigenvalue weighted by atomic mass is 10.3. The van der Waals surface area contributed by atoms with E-state index < -0.39 is 17.9 Å². The highest BCUT2D eigenvalue weighted by Gasteiger charge is 2.19. The van der Waals surface area contributed by atoms with Crippen LogP contribution in [0.25, 0.3) is 0 Å². The number of para-hydroxylation sites is 1. The van der Waals surface area contributed by atoms with E-state index in [1.54, 1.807) is 30.3 Å². The molecule has 1 aromatic rings. The molecule has 0 radical (unpaired) electrons. The Bertz CT molecular complexity index is 413. The van der Waals surface area contributed by atoms with Crippen molar-refractivity contribution in [3.63, 3.8) is 0 Å². The third kappa shape index (κ3) is 4.27. The molecule has 0 spiro atoms. The van der Waals surface area contributed by atoms with E-state index in [4.69, 9.17) is 5.11 Å². The predicted octanol–water partition coefficient (Wildman–Crippen LogP) is 0.381. The van der Waals surface area contributed by atoms with E-state index in [0.29, 0.717) is 5.69 Å². The highest BCUT2D eigenvalue weighted by molar-refractivity contribution is 7.80. The number of benzene rings is 1. The molecule has 0 unspecified atom stereocenters. The standard InChI is InChI=1S/C11H14N2O4S/c14-10(12-9(7-18)11(15)16)6-13(17)8-4-2-1-3-5-8/h1-5,9,17-18H,6-7H2,(H,12,14)(H,15,16)/t9-/m0/s1. The molecule has 0 saturated carbocycles. The van der Waals surface area contributed by atoms with E-state index in [2.05, 4.69) is 17.9 Å². The Balaban J connectivity index is 2.52. The van der Waals surface area contributed by atoms with E-state index in [-0.39, 0.29) is 12.3 Å². The van der Waals surface area contributed by atoms with E-state index in [0.717, 1.165) is 5.06 Å². The van der Waals surface area contributed by atoms with Crippen LogP contribution in [0, 0.1) is 0 Å². The lowest BCUT2D eigenvalue weighted by molar-refractivity contribution is -0.141. The molecule has 0 saturated heterocycles. The van der Waals surface area contributed by atoms with Gasteiger partial charge in [-0.1, -0.05) is 18.2 Å². The number of rotatable bonds is 6. The fourth-order valence-electron chi connectivity index (χ4n) is 1.25. The summed E-state index contributed by atoms with van der Waals surface area (Å²) in [4.78, 5) is 22.2. The maximum absolute atomic E-state index is 11.5. The van der Waals surface area contributed by atoms with Crippen molar-refractivity contribution in [2.75, 3.05) is 17.4 Å². The van der Waals surface area contributed by atoms with Gasteiger partial charge in [0.2, 0.25) is 5.91 Å². The highest BCUT2D eigenvalue weighted by Crippen LogP contribution is 2.09. The second-order valence-corrected chi connectivity index (χ2v) is 3.90. The number of carboxylic acids is 1. The maximum atomic E-state index is 11.5. The quantitative estimate of drug-likeness (QED) is 0.443. The zero-order valence-electron chi connectivity index (χ0n) is 9.48. The molecule has 6 nitrogen and oxygen atoms in total. The van der Waals surface area contributed by atoms with Crippen molar-refractivity contribution in [1.82, 2.24) is 5.32 Å². The fraction of sp³-hybridized carbons (Fsp3) is 0.273. The maximum Gasteiger partial charge on any atom is 0.327 e. The first kappa shape index (κ1) is 14.3. The number of amides is 1. The van der Waals surface area contributed by atoms with E-state index >= 15 is 0 Å². The molecule has 3 N–H and O–H groups in total. The molecule has 0 fully saturated rings. The molecule has 0 bridgehead atoms. The van der Waals surface area contributed by atoms with Gasteiger partial charge in [-0.25, -0.2) is 9.86 Å². The molecule has 98 valence electrons. The van der Waals surface area contributed by atoms with Crippen molar-refractivity contribution in [3.05, 3.63) is 30.3 Å². The van der Waals surface area contributed by atoms with Crippen LogP contribution in [0.4, 0.5) is 5.69 Å². The summed E-state index contributed by atoms with van der Waals surface area (Å²) < 4.78 is 0. The van der Waals surface area contributed by atoms with Crippen molar-refractivity contribution in [2.24, 2.45) is 0 Å². The largest absolute Gasteiger partial charge is 0.480 e. The van der Waals surface area contributed by atoms with Gasteiger partial charge in [0.15, 0.2) is 0 Å². The fourth-order valence-corrected chi connectivity index (χ4v) is 1.50. The van der Waals surface area contributed by atoms with Gasteiger partial charge in [0, 0.05) is 5.75 Å². The van der Waals surface area contributed by atoms with Gasteiger partial charge in [-0.2, -0.15) is 12.6 Å². The Hall–Kier alpha value is -1.73. The van der Waals surface area contributed by atoms with Crippen molar-refractivity contribution >= 4 is 30.2 Å². The molecule has 0 heterocycles. The Morgan fingerprint density at radius 2 is 1.94 bits per heavy atom. The van der Waals surface area contributed by atoms with Crippen LogP contribution in [0.3, 0.4) is 0 Å². The van der Waals surface area contributed by atoms with Crippen LogP contribution in [-0.2, 0) is 9.59 Å². The zero-order chi connectivity index (χ0) is 13.5. The van der Waals surface area contributed by atoms with Gasteiger partial charge in [0.25, 0.3) is 0 Å². The van der Waals surface area contributed by atoms with Gasteiger partial charge in [0.05, 0.1) is 5.69 Å². The van der Waals surface area contributed by atoms with Crippen molar-refractivity contribution in [3.8, 4) is 0 Å². The Morgan fingerprint density at radius 1 is 1.33 bits per heavy atom. The normalized spacial score (nSPS) is 11.7. The molecule has 1 rings (SSSR count). The van der Waals surface area contributed by atoms with E-state index in [9.17, 15) is 14.8 Å². The first-order valence-electron chi connectivity index (χ1n) is 5.19. The number of carbonyl (C=O) groups excluding carboxylic acids is 1. The summed E-state index contributed by atoms with van der Waals surface area (Å²) in [7, 11) is 0. The summed E-state index contributed by atoms with van der Waals surface area (Å²) in [6.45, 7) is -0.346. The smallest absolute Gasteiger partial charge is 0.327 e. The first-order chi connectivity index (χ1) is 8.54. The van der Waals surface area contributed by atoms with Crippen LogP contribution in [0.2, 0.25) is 0 Å². The predicted molar refractivity (Wildman–Crippen MR) is 69.0 cm³/mol. The van der Waals surface area contributed by atoms with E-state index in [1.165, 1.54) is 0 Å². The third-order valence-electron chi connectivity index (χ3n) is 2.16. The summed E-state index contributed by atoms with van der Waals surface area (Å²) in [6, 6.07) is 7.39. The summed E-state index contributed by atoms with van der Waals surface area (Å²) in [5.41, 5.74) is 0.449. The second-order valence-electron chi connectivity index (χ2n) is 3.53. The van der Waals surface area contributed by atoms with Crippen molar-refractivity contribution in [1.29, 1.82) is 0 Å². The molecule has 0 aliphatic heterocycles. The number of anilines is 1. The molecule has 0 aliphatic carbocycles. The Kier molecular flexibility index (Phi) is 5.47. The Morgan fingerprint density at radius 3 is 2.44 bits per heavy atom. The van der Waals surface area contributed by atoms with Gasteiger partial charge in [0.1, 0.15) is 12.6 Å². The minimum absolute atomic E-state index is 0.0160. The lowest BCUT2D eigenvalue weighted by Crippen LogP contribution is -2.46. The summed E-state index contributed by atoms with van der Waals surface area (Å²) in [5.74, 6) is -1.77. The number of hydrogen-bond acceptors (Lipinski definition) is 5. The lowest BCUT2D eigenvalue weighted by Gasteiger charge is -2.18. The third-order valence-corrected chi connectivity index (χ3v) is 2.53. The molecule has 0 aromatic heterocycles. The molecule has 1 amide bonds. The van der Waals surface area contributed by atoms with Crippen molar-refractivity contribution in [2.45, 2.75) is 6.04 Å². The van der Waals surface area contributed by atoms with Gasteiger partial charge in [-0.3, -0.25) is 10.0 Å². The number of aliphatic carboxylic acids is 1. The number of carbonyl (C=O) groups is 2. The van der Waals surface area contributed by atoms with Crippen LogP contribution < -0.4 is 10.4 Å². The van der Waals surface area contributed by atoms with Gasteiger partial charge in [-0.05, 0) is 12.1 Å². The van der Waals surface area contributed by atoms with Crippen LogP contribution in [0.1, 0.15) is 0 Å². The Labute approximate surface area is 110 Å². The molecular formula is C11H14N2O4S. The molecular weight excluding hydrogens is 256 g/mol. The number of nitrogens with one attached hydrogen (secondary N) is 1. The minimum Gasteiger partial charge on any atom is -0.480 e. The zero-order valence-corrected chi connectivity index (χ0v) is 10.4. The van der Waals surface area contributed by atoms with Crippen LogP contribution in [-0.4, -0.2) is 40.5 Å². The molecule has 1 atom stereocenters. The molecule has 1 aromatic carbocycles. The SMILES string of the molecule is O=C(CN(O)c1ccccc1)N[C@@H](CS)C(=O)O. The number of hydroxylamine groups is 1.